The van der Waals surface area contributed by atoms with E-state index in [0.29, 0.717) is 6.04 Å². The van der Waals surface area contributed by atoms with Crippen molar-refractivity contribution in [1.29, 1.82) is 0 Å². The Kier molecular flexibility index (Phi) is 8.35. The molecule has 0 spiro atoms. The van der Waals surface area contributed by atoms with E-state index < -0.39 is 0 Å². The van der Waals surface area contributed by atoms with Crippen LogP contribution in [0.15, 0.2) is 4.99 Å². The van der Waals surface area contributed by atoms with Crippen molar-refractivity contribution in [1.82, 2.24) is 10.6 Å². The van der Waals surface area contributed by atoms with Gasteiger partial charge in [-0.15, -0.1) is 0 Å². The number of hydrogen-bond acceptors (Lipinski definition) is 2. The van der Waals surface area contributed by atoms with Crippen molar-refractivity contribution < 1.29 is 0 Å². The molecule has 1 saturated carbocycles. The van der Waals surface area contributed by atoms with Gasteiger partial charge in [-0.25, -0.2) is 0 Å². The number of nitrogens with zero attached hydrogens (tertiary/aromatic N) is 1. The lowest BCUT2D eigenvalue weighted by Crippen LogP contribution is -2.46. The Morgan fingerprint density at radius 2 is 2.05 bits per heavy atom. The standard InChI is InChI=1S/C15H31N3S/c1-5-12(6-2)11-17-15(16-3)18-13-8-7-9-14(10-13)19-4/h12-14H,5-11H2,1-4H3,(H2,16,17,18). The highest BCUT2D eigenvalue weighted by molar-refractivity contribution is 7.99. The summed E-state index contributed by atoms with van der Waals surface area (Å²) in [5.41, 5.74) is 0. The molecule has 0 aromatic rings. The van der Waals surface area contributed by atoms with Gasteiger partial charge < -0.3 is 10.6 Å². The Morgan fingerprint density at radius 1 is 1.32 bits per heavy atom. The second-order valence-electron chi connectivity index (χ2n) is 5.50. The summed E-state index contributed by atoms with van der Waals surface area (Å²) < 4.78 is 0. The van der Waals surface area contributed by atoms with Crippen LogP contribution in [0.25, 0.3) is 0 Å². The lowest BCUT2D eigenvalue weighted by molar-refractivity contribution is 0.415. The van der Waals surface area contributed by atoms with Gasteiger partial charge >= 0.3 is 0 Å². The van der Waals surface area contributed by atoms with Gasteiger partial charge in [0.05, 0.1) is 0 Å². The van der Waals surface area contributed by atoms with E-state index in [1.54, 1.807) is 0 Å². The second kappa shape index (κ2) is 9.51. The van der Waals surface area contributed by atoms with Crippen molar-refractivity contribution in [2.75, 3.05) is 19.8 Å². The largest absolute Gasteiger partial charge is 0.356 e. The lowest BCUT2D eigenvalue weighted by atomic mass is 9.95. The summed E-state index contributed by atoms with van der Waals surface area (Å²) in [7, 11) is 1.87. The van der Waals surface area contributed by atoms with Crippen LogP contribution in [-0.4, -0.2) is 37.1 Å². The maximum absolute atomic E-state index is 4.36. The molecule has 1 aliphatic rings. The molecular weight excluding hydrogens is 254 g/mol. The molecule has 1 aliphatic carbocycles. The van der Waals surface area contributed by atoms with Gasteiger partial charge in [0.1, 0.15) is 0 Å². The van der Waals surface area contributed by atoms with Gasteiger partial charge in [-0.2, -0.15) is 11.8 Å². The summed E-state index contributed by atoms with van der Waals surface area (Å²) in [6, 6.07) is 0.596. The van der Waals surface area contributed by atoms with Crippen LogP contribution >= 0.6 is 11.8 Å². The summed E-state index contributed by atoms with van der Waals surface area (Å²) >= 11 is 2.01. The van der Waals surface area contributed by atoms with Crippen LogP contribution in [0.1, 0.15) is 52.4 Å². The third-order valence-corrected chi connectivity index (χ3v) is 5.33. The fraction of sp³-hybridized carbons (Fsp3) is 0.933. The minimum absolute atomic E-state index is 0.596. The first-order valence-electron chi connectivity index (χ1n) is 7.73. The molecule has 112 valence electrons. The lowest BCUT2D eigenvalue weighted by Gasteiger charge is -2.30. The molecule has 0 aliphatic heterocycles. The van der Waals surface area contributed by atoms with Gasteiger partial charge in [0, 0.05) is 24.9 Å². The summed E-state index contributed by atoms with van der Waals surface area (Å²) in [5.74, 6) is 1.74. The van der Waals surface area contributed by atoms with E-state index in [1.165, 1.54) is 38.5 Å². The predicted molar refractivity (Wildman–Crippen MR) is 88.1 cm³/mol. The van der Waals surface area contributed by atoms with E-state index in [0.717, 1.165) is 23.7 Å². The normalized spacial score (nSPS) is 24.6. The molecule has 2 N–H and O–H groups in total. The van der Waals surface area contributed by atoms with Crippen LogP contribution in [0.5, 0.6) is 0 Å². The number of rotatable bonds is 6. The third-order valence-electron chi connectivity index (χ3n) is 4.24. The van der Waals surface area contributed by atoms with Crippen molar-refractivity contribution in [2.45, 2.75) is 63.7 Å². The maximum atomic E-state index is 4.36. The molecule has 19 heavy (non-hydrogen) atoms. The van der Waals surface area contributed by atoms with Gasteiger partial charge in [0.15, 0.2) is 5.96 Å². The molecule has 1 fully saturated rings. The van der Waals surface area contributed by atoms with Gasteiger partial charge in [-0.1, -0.05) is 33.1 Å². The first kappa shape index (κ1) is 16.7. The molecular formula is C15H31N3S. The van der Waals surface area contributed by atoms with E-state index in [1.807, 2.05) is 18.8 Å². The van der Waals surface area contributed by atoms with E-state index in [9.17, 15) is 0 Å². The summed E-state index contributed by atoms with van der Waals surface area (Å²) in [6.45, 7) is 5.55. The highest BCUT2D eigenvalue weighted by Crippen LogP contribution is 2.26. The summed E-state index contributed by atoms with van der Waals surface area (Å²) in [5, 5.41) is 7.91. The Labute approximate surface area is 123 Å². The smallest absolute Gasteiger partial charge is 0.191 e. The number of nitrogens with one attached hydrogen (secondary N) is 2. The monoisotopic (exact) mass is 285 g/mol. The maximum Gasteiger partial charge on any atom is 0.191 e. The summed E-state index contributed by atoms with van der Waals surface area (Å²) in [6.07, 6.45) is 9.96. The predicted octanol–water partition coefficient (Wildman–Crippen LogP) is 3.26. The highest BCUT2D eigenvalue weighted by Gasteiger charge is 2.21. The number of guanidine groups is 1. The number of thioether (sulfide) groups is 1. The van der Waals surface area contributed by atoms with Crippen molar-refractivity contribution in [3.63, 3.8) is 0 Å². The second-order valence-corrected chi connectivity index (χ2v) is 6.64. The molecule has 0 saturated heterocycles. The number of hydrogen-bond donors (Lipinski definition) is 2. The Balaban J connectivity index is 2.35. The van der Waals surface area contributed by atoms with Crippen LogP contribution in [0.4, 0.5) is 0 Å². The van der Waals surface area contributed by atoms with E-state index >= 15 is 0 Å². The van der Waals surface area contributed by atoms with Gasteiger partial charge in [-0.3, -0.25) is 4.99 Å². The van der Waals surface area contributed by atoms with Gasteiger partial charge in [0.25, 0.3) is 0 Å². The molecule has 1 rings (SSSR count). The van der Waals surface area contributed by atoms with Crippen molar-refractivity contribution in [2.24, 2.45) is 10.9 Å². The average Bonchev–Trinajstić information content (AvgIpc) is 2.47. The Hall–Kier alpha value is -0.380. The molecule has 0 bridgehead atoms. The molecule has 0 radical (unpaired) electrons. The SMILES string of the molecule is CCC(CC)CNC(=NC)NC1CCCC(SC)C1. The van der Waals surface area contributed by atoms with E-state index in [4.69, 9.17) is 0 Å². The van der Waals surface area contributed by atoms with Crippen LogP contribution < -0.4 is 10.6 Å². The van der Waals surface area contributed by atoms with Crippen LogP contribution in [0, 0.1) is 5.92 Å². The van der Waals surface area contributed by atoms with Crippen molar-refractivity contribution in [3.05, 3.63) is 0 Å². The zero-order valence-corrected chi connectivity index (χ0v) is 13.9. The molecule has 0 aromatic carbocycles. The topological polar surface area (TPSA) is 36.4 Å². The van der Waals surface area contributed by atoms with E-state index in [2.05, 4.69) is 35.7 Å². The zero-order chi connectivity index (χ0) is 14.1. The minimum atomic E-state index is 0.596. The highest BCUT2D eigenvalue weighted by atomic mass is 32.2. The average molecular weight is 286 g/mol. The zero-order valence-electron chi connectivity index (χ0n) is 13.0. The Morgan fingerprint density at radius 3 is 2.63 bits per heavy atom. The number of aliphatic imine (C=N–C) groups is 1. The van der Waals surface area contributed by atoms with Crippen molar-refractivity contribution >= 4 is 17.7 Å². The minimum Gasteiger partial charge on any atom is -0.356 e. The Bertz CT molecular complexity index is 264. The molecule has 0 amide bonds. The quantitative estimate of drug-likeness (QED) is 0.581. The van der Waals surface area contributed by atoms with E-state index in [-0.39, 0.29) is 0 Å². The van der Waals surface area contributed by atoms with Crippen LogP contribution in [-0.2, 0) is 0 Å². The van der Waals surface area contributed by atoms with Crippen LogP contribution in [0.3, 0.4) is 0 Å². The first-order valence-corrected chi connectivity index (χ1v) is 9.02. The molecule has 0 aromatic heterocycles. The van der Waals surface area contributed by atoms with Crippen LogP contribution in [0.2, 0.25) is 0 Å². The molecule has 2 unspecified atom stereocenters. The van der Waals surface area contributed by atoms with Crippen molar-refractivity contribution in [3.8, 4) is 0 Å². The molecule has 4 heteroatoms. The first-order chi connectivity index (χ1) is 9.23. The third kappa shape index (κ3) is 6.07. The van der Waals surface area contributed by atoms with Gasteiger partial charge in [0.2, 0.25) is 0 Å². The fourth-order valence-corrected chi connectivity index (χ4v) is 3.52. The molecule has 0 heterocycles. The summed E-state index contributed by atoms with van der Waals surface area (Å²) in [4.78, 5) is 4.36. The molecule has 2 atom stereocenters. The molecule has 3 nitrogen and oxygen atoms in total. The van der Waals surface area contributed by atoms with Gasteiger partial charge in [-0.05, 0) is 31.4 Å². The fourth-order valence-electron chi connectivity index (χ4n) is 2.70.